The maximum Gasteiger partial charge on any atom is 0.407 e. The Labute approximate surface area is 333 Å². The summed E-state index contributed by atoms with van der Waals surface area (Å²) < 4.78 is 37.9. The molecule has 9 N–H and O–H groups in total. The molecule has 2 unspecified atom stereocenters. The quantitative estimate of drug-likeness (QED) is 0.0406. The van der Waals surface area contributed by atoms with Crippen LogP contribution in [0.15, 0.2) is 29.1 Å². The maximum absolute atomic E-state index is 14.0. The zero-order valence-electron chi connectivity index (χ0n) is 32.5. The maximum atomic E-state index is 14.0. The van der Waals surface area contributed by atoms with Crippen molar-refractivity contribution in [3.8, 4) is 11.5 Å². The van der Waals surface area contributed by atoms with E-state index >= 15 is 0 Å². The number of hydrazone groups is 1. The SMILES string of the molecule is COCCOCCOCCOC(=O)NCCC(=O)N/N=C(\CO)[C@]1(O)Cc2c(O)c3c(c(O)c2[C@@H](O[C@H]2C[C@@H](N)[C@H](O)[C@H](C)O2)C1)C(=O)C1C(OC)=CC=CC1C3=O. The van der Waals surface area contributed by atoms with E-state index in [4.69, 9.17) is 38.9 Å². The van der Waals surface area contributed by atoms with Gasteiger partial charge in [0.15, 0.2) is 17.9 Å². The molecule has 1 aliphatic heterocycles. The molecule has 58 heavy (non-hydrogen) atoms. The number of aliphatic hydroxyl groups excluding tert-OH is 2. The molecule has 20 heteroatoms. The van der Waals surface area contributed by atoms with Gasteiger partial charge in [-0.2, -0.15) is 5.10 Å². The second-order valence-electron chi connectivity index (χ2n) is 14.2. The van der Waals surface area contributed by atoms with Gasteiger partial charge < -0.3 is 69.7 Å². The summed E-state index contributed by atoms with van der Waals surface area (Å²) in [5.74, 6) is -5.43. The van der Waals surface area contributed by atoms with E-state index in [9.17, 15) is 44.7 Å². The van der Waals surface area contributed by atoms with Gasteiger partial charge in [0.25, 0.3) is 0 Å². The molecular weight excluding hydrogens is 768 g/mol. The van der Waals surface area contributed by atoms with E-state index in [1.165, 1.54) is 19.3 Å². The molecule has 0 saturated carbocycles. The van der Waals surface area contributed by atoms with Crippen molar-refractivity contribution in [2.75, 3.05) is 67.0 Å². The summed E-state index contributed by atoms with van der Waals surface area (Å²) in [4.78, 5) is 52.7. The number of nitrogens with two attached hydrogens (primary N) is 1. The van der Waals surface area contributed by atoms with Gasteiger partial charge in [0.1, 0.15) is 29.5 Å². The number of nitrogens with one attached hydrogen (secondary N) is 2. The molecule has 3 aliphatic carbocycles. The average Bonchev–Trinajstić information content (AvgIpc) is 3.19. The fourth-order valence-electron chi connectivity index (χ4n) is 7.43. The molecule has 0 aromatic heterocycles. The number of ketones is 2. The van der Waals surface area contributed by atoms with E-state index in [0.29, 0.717) is 26.4 Å². The molecule has 0 spiro atoms. The minimum atomic E-state index is -2.19. The lowest BCUT2D eigenvalue weighted by Crippen LogP contribution is -2.53. The van der Waals surface area contributed by atoms with E-state index in [1.54, 1.807) is 20.1 Å². The van der Waals surface area contributed by atoms with Crippen molar-refractivity contribution in [2.24, 2.45) is 22.7 Å². The predicted octanol–water partition coefficient (Wildman–Crippen LogP) is -0.372. The van der Waals surface area contributed by atoms with E-state index in [-0.39, 0.29) is 55.2 Å². The first-order valence-electron chi connectivity index (χ1n) is 18.9. The van der Waals surface area contributed by atoms with Gasteiger partial charge >= 0.3 is 6.09 Å². The van der Waals surface area contributed by atoms with Crippen LogP contribution in [-0.4, -0.2) is 152 Å². The monoisotopic (exact) mass is 820 g/mol. The topological polar surface area (TPSA) is 296 Å². The molecular formula is C38H52N4O16. The number of alkyl carbamates (subject to hydrolysis) is 1. The number of methoxy groups -OCH3 is 2. The van der Waals surface area contributed by atoms with Crippen molar-refractivity contribution < 1.29 is 77.9 Å². The first-order chi connectivity index (χ1) is 27.8. The third-order valence-electron chi connectivity index (χ3n) is 10.4. The van der Waals surface area contributed by atoms with Crippen molar-refractivity contribution in [1.82, 2.24) is 10.7 Å². The molecule has 8 atom stereocenters. The number of nitrogens with zero attached hydrogens (tertiary/aromatic N) is 1. The Balaban J connectivity index is 1.32. The molecule has 20 nitrogen and oxygen atoms in total. The van der Waals surface area contributed by atoms with Crippen LogP contribution in [0, 0.1) is 11.8 Å². The minimum Gasteiger partial charge on any atom is -0.507 e. The Hall–Kier alpha value is -4.51. The van der Waals surface area contributed by atoms with E-state index < -0.39 is 114 Å². The summed E-state index contributed by atoms with van der Waals surface area (Å²) in [5.41, 5.74) is 4.58. The lowest BCUT2D eigenvalue weighted by molar-refractivity contribution is -0.245. The van der Waals surface area contributed by atoms with E-state index in [2.05, 4.69) is 15.8 Å². The lowest BCUT2D eigenvalue weighted by atomic mass is 9.67. The molecule has 320 valence electrons. The number of carbonyl (C=O) groups is 4. The number of phenols is 2. The highest BCUT2D eigenvalue weighted by atomic mass is 16.7. The Bertz CT molecular complexity index is 1770. The largest absolute Gasteiger partial charge is 0.507 e. The van der Waals surface area contributed by atoms with Gasteiger partial charge in [-0.3, -0.25) is 14.4 Å². The third kappa shape index (κ3) is 9.84. The van der Waals surface area contributed by atoms with Gasteiger partial charge in [-0.1, -0.05) is 12.2 Å². The molecule has 4 aliphatic rings. The van der Waals surface area contributed by atoms with Gasteiger partial charge in [0, 0.05) is 56.5 Å². The van der Waals surface area contributed by atoms with Crippen molar-refractivity contribution in [3.05, 3.63) is 46.2 Å². The average molecular weight is 821 g/mol. The van der Waals surface area contributed by atoms with Crippen molar-refractivity contribution in [3.63, 3.8) is 0 Å². The van der Waals surface area contributed by atoms with Crippen LogP contribution < -0.4 is 16.5 Å². The van der Waals surface area contributed by atoms with Crippen LogP contribution in [0.5, 0.6) is 11.5 Å². The second-order valence-corrected chi connectivity index (χ2v) is 14.2. The molecule has 2 amide bonds. The highest BCUT2D eigenvalue weighted by Gasteiger charge is 2.52. The zero-order valence-corrected chi connectivity index (χ0v) is 32.5. The highest BCUT2D eigenvalue weighted by molar-refractivity contribution is 6.20. The number of aliphatic hydroxyl groups is 3. The molecule has 0 bridgehead atoms. The van der Waals surface area contributed by atoms with Crippen molar-refractivity contribution >= 4 is 29.3 Å². The number of carbonyl (C=O) groups excluding carboxylic acids is 4. The number of Topliss-reactive ketones (excluding diaryl/α,β-unsaturated/α-hetero) is 2. The number of hydrogen-bond donors (Lipinski definition) is 8. The first-order valence-corrected chi connectivity index (χ1v) is 18.9. The number of benzene rings is 1. The van der Waals surface area contributed by atoms with Crippen molar-refractivity contribution in [2.45, 2.75) is 68.9 Å². The number of fused-ring (bicyclic) bond motifs is 3. The van der Waals surface area contributed by atoms with Gasteiger partial charge in [-0.25, -0.2) is 10.2 Å². The van der Waals surface area contributed by atoms with Gasteiger partial charge in [0.2, 0.25) is 5.91 Å². The van der Waals surface area contributed by atoms with Gasteiger partial charge in [-0.15, -0.1) is 0 Å². The second kappa shape index (κ2) is 20.0. The first kappa shape index (κ1) is 44.6. The van der Waals surface area contributed by atoms with Crippen LogP contribution in [0.4, 0.5) is 4.79 Å². The third-order valence-corrected chi connectivity index (χ3v) is 10.4. The molecule has 0 radical (unpaired) electrons. The number of rotatable bonds is 18. The standard InChI is InChI=1S/C38H52N4O16/c1-19-32(45)22(39)15-27(57-19)58-24-17-38(51,25(18-43)41-42-26(44)7-8-40-37(50)56-14-13-55-12-11-54-10-9-52-2)16-21-29(24)36(49)31-30(34(21)47)33(46)20-5-4-6-23(53-3)28(20)35(31)48/h4-6,19-20,22,24,27-28,32,43,45,47,49,51H,7-18,39H2,1-3H3,(H,40,50)(H,42,44)/b41-25+/t19-,20?,22+,24-,27-,28?,32+,38-/m0/s1. The van der Waals surface area contributed by atoms with Gasteiger partial charge in [0.05, 0.1) is 93.7 Å². The predicted molar refractivity (Wildman–Crippen MR) is 200 cm³/mol. The molecule has 1 aromatic rings. The number of ether oxygens (including phenoxy) is 7. The summed E-state index contributed by atoms with van der Waals surface area (Å²) in [6.07, 6.45) is -1.89. The normalized spacial score (nSPS) is 27.9. The van der Waals surface area contributed by atoms with Gasteiger partial charge in [-0.05, 0) is 13.0 Å². The van der Waals surface area contributed by atoms with Crippen LogP contribution in [0.1, 0.15) is 64.1 Å². The Morgan fingerprint density at radius 2 is 1.72 bits per heavy atom. The Morgan fingerprint density at radius 1 is 1.03 bits per heavy atom. The van der Waals surface area contributed by atoms with E-state index in [0.717, 1.165) is 0 Å². The van der Waals surface area contributed by atoms with Crippen LogP contribution in [-0.2, 0) is 44.4 Å². The molecule has 5 rings (SSSR count). The van der Waals surface area contributed by atoms with E-state index in [1.807, 2.05) is 0 Å². The Kier molecular flexibility index (Phi) is 15.3. The van der Waals surface area contributed by atoms with Crippen molar-refractivity contribution in [1.29, 1.82) is 0 Å². The highest BCUT2D eigenvalue weighted by Crippen LogP contribution is 2.53. The van der Waals surface area contributed by atoms with Crippen LogP contribution in [0.25, 0.3) is 0 Å². The smallest absolute Gasteiger partial charge is 0.407 e. The number of amides is 2. The lowest BCUT2D eigenvalue weighted by Gasteiger charge is -2.43. The number of aromatic hydroxyl groups is 2. The number of allylic oxidation sites excluding steroid dienone is 4. The Morgan fingerprint density at radius 3 is 2.40 bits per heavy atom. The fourth-order valence-corrected chi connectivity index (χ4v) is 7.43. The fraction of sp³-hybridized carbons (Fsp3) is 0.605. The molecule has 1 heterocycles. The number of phenolic OH excluding ortho intramolecular Hbond substituents is 2. The summed E-state index contributed by atoms with van der Waals surface area (Å²) >= 11 is 0. The summed E-state index contributed by atoms with van der Waals surface area (Å²) in [6.45, 7) is 2.14. The molecule has 1 fully saturated rings. The minimum absolute atomic E-state index is 0.0273. The van der Waals surface area contributed by atoms with Crippen LogP contribution in [0.2, 0.25) is 0 Å². The summed E-state index contributed by atoms with van der Waals surface area (Å²) in [7, 11) is 2.91. The summed E-state index contributed by atoms with van der Waals surface area (Å²) in [6, 6.07) is -0.784. The summed E-state index contributed by atoms with van der Waals surface area (Å²) in [5, 5.41) is 63.0. The van der Waals surface area contributed by atoms with Crippen LogP contribution >= 0.6 is 0 Å². The molecule has 1 saturated heterocycles. The molecule has 1 aromatic carbocycles. The van der Waals surface area contributed by atoms with Crippen LogP contribution in [0.3, 0.4) is 0 Å². The number of hydrogen-bond acceptors (Lipinski definition) is 18. The zero-order chi connectivity index (χ0) is 42.1.